The van der Waals surface area contributed by atoms with Crippen LogP contribution in [-0.4, -0.2) is 41.5 Å². The number of likely N-dealkylation sites (N-methyl/N-ethyl adjacent to an activating group) is 1. The van der Waals surface area contributed by atoms with Crippen molar-refractivity contribution in [3.05, 3.63) is 23.8 Å². The van der Waals surface area contributed by atoms with E-state index in [-0.39, 0.29) is 17.7 Å². The van der Waals surface area contributed by atoms with E-state index in [4.69, 9.17) is 5.73 Å². The molecule has 134 valence electrons. The highest BCUT2D eigenvalue weighted by atomic mass is 32.2. The Bertz CT molecular complexity index is 701. The molecule has 1 aromatic carbocycles. The van der Waals surface area contributed by atoms with Crippen molar-refractivity contribution in [1.82, 2.24) is 4.90 Å². The maximum absolute atomic E-state index is 12.7. The van der Waals surface area contributed by atoms with Crippen LogP contribution in [0.25, 0.3) is 0 Å². The molecule has 1 atom stereocenters. The molecule has 1 unspecified atom stereocenters. The zero-order chi connectivity index (χ0) is 18.0. The number of nitrogens with two attached hydrogens (primary N) is 1. The second-order valence-corrected chi connectivity index (χ2v) is 7.74. The molecule has 1 fully saturated rings. The molecule has 0 spiro atoms. The van der Waals surface area contributed by atoms with Crippen LogP contribution in [0, 0.1) is 5.92 Å². The summed E-state index contributed by atoms with van der Waals surface area (Å²) in [4.78, 5) is 38.8. The van der Waals surface area contributed by atoms with Crippen LogP contribution in [-0.2, 0) is 9.59 Å². The number of primary amides is 1. The average molecular weight is 361 g/mol. The molecular formula is C18H23N3O3S. The van der Waals surface area contributed by atoms with Crippen LogP contribution in [0.15, 0.2) is 23.1 Å². The Hall–Kier alpha value is -2.02. The molecule has 1 aliphatic heterocycles. The number of thioether (sulfide) groups is 1. The van der Waals surface area contributed by atoms with E-state index in [1.54, 1.807) is 13.1 Å². The normalized spacial score (nSPS) is 21.4. The van der Waals surface area contributed by atoms with Gasteiger partial charge in [-0.25, -0.2) is 0 Å². The number of hydrogen-bond donors (Lipinski definition) is 2. The molecule has 0 radical (unpaired) electrons. The van der Waals surface area contributed by atoms with E-state index in [1.807, 2.05) is 12.1 Å². The molecule has 2 aliphatic rings. The fraction of sp³-hybridized carbons (Fsp3) is 0.500. The van der Waals surface area contributed by atoms with Crippen LogP contribution in [0.5, 0.6) is 0 Å². The maximum atomic E-state index is 12.7. The number of nitrogens with one attached hydrogen (secondary N) is 1. The van der Waals surface area contributed by atoms with Crippen LogP contribution in [0.2, 0.25) is 0 Å². The molecule has 1 saturated carbocycles. The smallest absolute Gasteiger partial charge is 0.255 e. The third kappa shape index (κ3) is 3.81. The monoisotopic (exact) mass is 361 g/mol. The van der Waals surface area contributed by atoms with Gasteiger partial charge in [-0.05, 0) is 31.0 Å². The number of carbonyl (C=O) groups is 3. The van der Waals surface area contributed by atoms with E-state index < -0.39 is 11.9 Å². The summed E-state index contributed by atoms with van der Waals surface area (Å²) in [7, 11) is 1.58. The first-order chi connectivity index (χ1) is 12.0. The van der Waals surface area contributed by atoms with Gasteiger partial charge in [-0.3, -0.25) is 14.4 Å². The Labute approximate surface area is 151 Å². The number of benzene rings is 1. The van der Waals surface area contributed by atoms with E-state index >= 15 is 0 Å². The van der Waals surface area contributed by atoms with Crippen molar-refractivity contribution in [2.75, 3.05) is 18.1 Å². The largest absolute Gasteiger partial charge is 0.368 e. The Morgan fingerprint density at radius 1 is 1.24 bits per heavy atom. The minimum atomic E-state index is -0.634. The number of nitrogens with zero attached hydrogens (tertiary/aromatic N) is 1. The molecule has 1 heterocycles. The van der Waals surface area contributed by atoms with Gasteiger partial charge in [0.25, 0.3) is 5.91 Å². The van der Waals surface area contributed by atoms with Gasteiger partial charge in [0.2, 0.25) is 11.8 Å². The van der Waals surface area contributed by atoms with E-state index in [1.165, 1.54) is 23.1 Å². The van der Waals surface area contributed by atoms with E-state index in [9.17, 15) is 14.4 Å². The van der Waals surface area contributed by atoms with Crippen molar-refractivity contribution in [2.45, 2.75) is 43.0 Å². The van der Waals surface area contributed by atoms with Gasteiger partial charge in [0, 0.05) is 29.3 Å². The number of hydrogen-bond acceptors (Lipinski definition) is 4. The topological polar surface area (TPSA) is 92.5 Å². The maximum Gasteiger partial charge on any atom is 0.255 e. The van der Waals surface area contributed by atoms with Crippen molar-refractivity contribution in [2.24, 2.45) is 11.7 Å². The molecule has 0 aromatic heterocycles. The molecule has 0 saturated heterocycles. The van der Waals surface area contributed by atoms with Gasteiger partial charge in [0.05, 0.1) is 5.56 Å². The molecule has 3 amide bonds. The van der Waals surface area contributed by atoms with Crippen LogP contribution < -0.4 is 11.1 Å². The second kappa shape index (κ2) is 7.47. The Balaban J connectivity index is 1.79. The first-order valence-corrected chi connectivity index (χ1v) is 9.60. The third-order valence-corrected chi connectivity index (χ3v) is 6.12. The highest BCUT2D eigenvalue weighted by Crippen LogP contribution is 2.32. The summed E-state index contributed by atoms with van der Waals surface area (Å²) in [6.45, 7) is 0. The summed E-state index contributed by atoms with van der Waals surface area (Å²) in [5.74, 6) is -0.255. The lowest BCUT2D eigenvalue weighted by molar-refractivity contribution is -0.121. The van der Waals surface area contributed by atoms with Gasteiger partial charge in [0.15, 0.2) is 0 Å². The lowest BCUT2D eigenvalue weighted by Gasteiger charge is -2.23. The van der Waals surface area contributed by atoms with Gasteiger partial charge in [0.1, 0.15) is 6.04 Å². The van der Waals surface area contributed by atoms with Crippen molar-refractivity contribution in [3.8, 4) is 0 Å². The summed E-state index contributed by atoms with van der Waals surface area (Å²) in [6.07, 6.45) is 5.23. The zero-order valence-electron chi connectivity index (χ0n) is 14.3. The number of amides is 3. The van der Waals surface area contributed by atoms with Crippen molar-refractivity contribution in [3.63, 3.8) is 0 Å². The van der Waals surface area contributed by atoms with Crippen LogP contribution in [0.3, 0.4) is 0 Å². The van der Waals surface area contributed by atoms with E-state index in [0.29, 0.717) is 17.0 Å². The van der Waals surface area contributed by atoms with Crippen LogP contribution in [0.1, 0.15) is 42.5 Å². The fourth-order valence-corrected chi connectivity index (χ4v) is 4.59. The number of rotatable bonds is 3. The summed E-state index contributed by atoms with van der Waals surface area (Å²) < 4.78 is 0. The summed E-state index contributed by atoms with van der Waals surface area (Å²) in [6, 6.07) is 4.70. The second-order valence-electron chi connectivity index (χ2n) is 6.68. The van der Waals surface area contributed by atoms with Crippen LogP contribution in [0.4, 0.5) is 5.69 Å². The standard InChI is InChI=1S/C18H23N3O3S/c1-21-14(16(19)22)10-25-15-8-7-12(9-13(15)18(21)24)20-17(23)11-5-3-2-4-6-11/h7-9,11,14H,2-6,10H2,1H3,(H2,19,22)(H,20,23). The van der Waals surface area contributed by atoms with E-state index in [0.717, 1.165) is 30.6 Å². The van der Waals surface area contributed by atoms with Crippen LogP contribution >= 0.6 is 11.8 Å². The average Bonchev–Trinajstić information content (AvgIpc) is 2.73. The molecule has 25 heavy (non-hydrogen) atoms. The molecule has 3 rings (SSSR count). The van der Waals surface area contributed by atoms with Gasteiger partial charge in [-0.1, -0.05) is 19.3 Å². The highest BCUT2D eigenvalue weighted by molar-refractivity contribution is 7.99. The summed E-state index contributed by atoms with van der Waals surface area (Å²) in [5.41, 5.74) is 6.52. The SMILES string of the molecule is CN1C(=O)c2cc(NC(=O)C3CCCCC3)ccc2SCC1C(N)=O. The Morgan fingerprint density at radius 2 is 1.96 bits per heavy atom. The molecule has 1 aliphatic carbocycles. The Kier molecular flexibility index (Phi) is 5.32. The zero-order valence-corrected chi connectivity index (χ0v) is 15.1. The summed E-state index contributed by atoms with van der Waals surface area (Å²) >= 11 is 1.43. The van der Waals surface area contributed by atoms with Crippen molar-refractivity contribution in [1.29, 1.82) is 0 Å². The van der Waals surface area contributed by atoms with Gasteiger partial charge in [-0.15, -0.1) is 11.8 Å². The van der Waals surface area contributed by atoms with Crippen molar-refractivity contribution < 1.29 is 14.4 Å². The van der Waals surface area contributed by atoms with Gasteiger partial charge < -0.3 is 16.0 Å². The number of carbonyl (C=O) groups excluding carboxylic acids is 3. The molecule has 3 N–H and O–H groups in total. The minimum absolute atomic E-state index is 0.0248. The molecular weight excluding hydrogens is 338 g/mol. The first-order valence-electron chi connectivity index (χ1n) is 8.61. The van der Waals surface area contributed by atoms with Gasteiger partial charge in [-0.2, -0.15) is 0 Å². The fourth-order valence-electron chi connectivity index (χ4n) is 3.39. The number of anilines is 1. The third-order valence-electron chi connectivity index (χ3n) is 4.97. The summed E-state index contributed by atoms with van der Waals surface area (Å²) in [5, 5.41) is 2.94. The lowest BCUT2D eigenvalue weighted by Crippen LogP contribution is -2.46. The quantitative estimate of drug-likeness (QED) is 0.863. The molecule has 6 nitrogen and oxygen atoms in total. The van der Waals surface area contributed by atoms with Crippen molar-refractivity contribution >= 4 is 35.2 Å². The van der Waals surface area contributed by atoms with Gasteiger partial charge >= 0.3 is 0 Å². The highest BCUT2D eigenvalue weighted by Gasteiger charge is 2.31. The number of fused-ring (bicyclic) bond motifs is 1. The molecule has 0 bridgehead atoms. The first kappa shape index (κ1) is 17.8. The lowest BCUT2D eigenvalue weighted by atomic mass is 9.88. The van der Waals surface area contributed by atoms with E-state index in [2.05, 4.69) is 5.32 Å². The predicted molar refractivity (Wildman–Crippen MR) is 97.4 cm³/mol. The minimum Gasteiger partial charge on any atom is -0.368 e. The Morgan fingerprint density at radius 3 is 2.64 bits per heavy atom. The molecule has 7 heteroatoms. The molecule has 1 aromatic rings. The predicted octanol–water partition coefficient (Wildman–Crippen LogP) is 2.24.